The molecule has 1 N–H and O–H groups in total. The normalized spacial score (nSPS) is 10.8. The summed E-state index contributed by atoms with van der Waals surface area (Å²) < 4.78 is 3.07. The van der Waals surface area contributed by atoms with E-state index in [1.807, 2.05) is 6.07 Å². The van der Waals surface area contributed by atoms with Gasteiger partial charge in [0.05, 0.1) is 18.0 Å². The minimum atomic E-state index is -0.502. The molecular weight excluding hydrogens is 407 g/mol. The maximum absolute atomic E-state index is 12.1. The number of carbonyl (C=O) groups excluding carboxylic acids is 1. The fraction of sp³-hybridized carbons (Fsp3) is 0.235. The van der Waals surface area contributed by atoms with Crippen LogP contribution >= 0.6 is 23.2 Å². The summed E-state index contributed by atoms with van der Waals surface area (Å²) in [4.78, 5) is 22.5. The standard InChI is InChI=1S/C17H16Cl2N6O3/c1-11-15(25(27)28)9-20-24(11)7-5-17(26)21-16-4-6-23(22-16)10-12-2-3-13(18)8-14(12)19/h2-4,6,8-9H,5,7,10H2,1H3,(H,21,22,26). The first-order valence-corrected chi connectivity index (χ1v) is 9.03. The first-order chi connectivity index (χ1) is 13.3. The molecular formula is C17H16Cl2N6O3. The van der Waals surface area contributed by atoms with Crippen LogP contribution in [-0.2, 0) is 17.9 Å². The van der Waals surface area contributed by atoms with Gasteiger partial charge in [0.15, 0.2) is 5.82 Å². The lowest BCUT2D eigenvalue weighted by atomic mass is 10.2. The highest BCUT2D eigenvalue weighted by atomic mass is 35.5. The molecule has 0 fully saturated rings. The summed E-state index contributed by atoms with van der Waals surface area (Å²) in [5, 5.41) is 22.8. The number of nitrogens with one attached hydrogen (secondary N) is 1. The lowest BCUT2D eigenvalue weighted by Gasteiger charge is -2.06. The molecule has 0 atom stereocenters. The Morgan fingerprint density at radius 3 is 2.79 bits per heavy atom. The largest absolute Gasteiger partial charge is 0.309 e. The number of halogens is 2. The van der Waals surface area contributed by atoms with Crippen molar-refractivity contribution in [2.75, 3.05) is 5.32 Å². The van der Waals surface area contributed by atoms with Gasteiger partial charge in [-0.25, -0.2) is 0 Å². The fourth-order valence-corrected chi connectivity index (χ4v) is 3.06. The number of carbonyl (C=O) groups is 1. The third-order valence-corrected chi connectivity index (χ3v) is 4.67. The Hall–Kier alpha value is -2.91. The van der Waals surface area contributed by atoms with Crippen LogP contribution in [0.3, 0.4) is 0 Å². The van der Waals surface area contributed by atoms with Crippen LogP contribution in [0.4, 0.5) is 11.5 Å². The van der Waals surface area contributed by atoms with Gasteiger partial charge in [0, 0.05) is 28.7 Å². The second-order valence-corrected chi connectivity index (χ2v) is 6.87. The number of aryl methyl sites for hydroxylation is 1. The number of hydrogen-bond donors (Lipinski definition) is 1. The van der Waals surface area contributed by atoms with Gasteiger partial charge in [-0.3, -0.25) is 24.3 Å². The molecule has 28 heavy (non-hydrogen) atoms. The molecule has 0 spiro atoms. The molecule has 1 aromatic carbocycles. The Morgan fingerprint density at radius 2 is 2.11 bits per heavy atom. The molecule has 146 valence electrons. The number of nitrogens with zero attached hydrogens (tertiary/aromatic N) is 5. The van der Waals surface area contributed by atoms with E-state index in [0.717, 1.165) is 5.56 Å². The summed E-state index contributed by atoms with van der Waals surface area (Å²) in [6.07, 6.45) is 3.01. The number of amides is 1. The smallest absolute Gasteiger partial charge is 0.309 e. The van der Waals surface area contributed by atoms with E-state index in [4.69, 9.17) is 23.2 Å². The quantitative estimate of drug-likeness (QED) is 0.461. The maximum Gasteiger partial charge on any atom is 0.309 e. The predicted octanol–water partition coefficient (Wildman–Crippen LogP) is 3.68. The van der Waals surface area contributed by atoms with Crippen molar-refractivity contribution in [2.45, 2.75) is 26.4 Å². The zero-order chi connectivity index (χ0) is 20.3. The summed E-state index contributed by atoms with van der Waals surface area (Å²) >= 11 is 12.0. The van der Waals surface area contributed by atoms with Gasteiger partial charge in [0.25, 0.3) is 0 Å². The molecule has 0 saturated carbocycles. The number of aromatic nitrogens is 4. The van der Waals surface area contributed by atoms with Crippen LogP contribution in [0.25, 0.3) is 0 Å². The average molecular weight is 423 g/mol. The van der Waals surface area contributed by atoms with E-state index in [-0.39, 0.29) is 24.6 Å². The number of benzene rings is 1. The first kappa shape index (κ1) is 19.8. The summed E-state index contributed by atoms with van der Waals surface area (Å²) in [5.41, 5.74) is 1.18. The maximum atomic E-state index is 12.1. The second-order valence-electron chi connectivity index (χ2n) is 6.03. The van der Waals surface area contributed by atoms with Gasteiger partial charge >= 0.3 is 5.69 Å². The van der Waals surface area contributed by atoms with Crippen LogP contribution in [0.2, 0.25) is 10.0 Å². The Labute approximate surface area is 170 Å². The van der Waals surface area contributed by atoms with Crippen molar-refractivity contribution in [3.63, 3.8) is 0 Å². The molecule has 2 aromatic heterocycles. The Balaban J connectivity index is 1.56. The van der Waals surface area contributed by atoms with Crippen LogP contribution in [0.1, 0.15) is 17.7 Å². The van der Waals surface area contributed by atoms with Crippen molar-refractivity contribution < 1.29 is 9.72 Å². The fourth-order valence-electron chi connectivity index (χ4n) is 2.59. The van der Waals surface area contributed by atoms with Crippen molar-refractivity contribution in [3.8, 4) is 0 Å². The zero-order valence-corrected chi connectivity index (χ0v) is 16.3. The van der Waals surface area contributed by atoms with Crippen molar-refractivity contribution >= 4 is 40.6 Å². The minimum absolute atomic E-state index is 0.0694. The van der Waals surface area contributed by atoms with E-state index < -0.39 is 4.92 Å². The van der Waals surface area contributed by atoms with Crippen molar-refractivity contribution in [1.82, 2.24) is 19.6 Å². The van der Waals surface area contributed by atoms with E-state index in [9.17, 15) is 14.9 Å². The molecule has 0 aliphatic rings. The van der Waals surface area contributed by atoms with Gasteiger partial charge < -0.3 is 5.32 Å². The lowest BCUT2D eigenvalue weighted by molar-refractivity contribution is -0.385. The molecule has 0 aliphatic carbocycles. The molecule has 0 unspecified atom stereocenters. The lowest BCUT2D eigenvalue weighted by Crippen LogP contribution is -2.16. The third-order valence-electron chi connectivity index (χ3n) is 4.08. The van der Waals surface area contributed by atoms with Gasteiger partial charge in [-0.2, -0.15) is 10.2 Å². The topological polar surface area (TPSA) is 108 Å². The molecule has 0 aliphatic heterocycles. The highest BCUT2D eigenvalue weighted by Crippen LogP contribution is 2.22. The second kappa shape index (κ2) is 8.41. The van der Waals surface area contributed by atoms with Crippen LogP contribution in [-0.4, -0.2) is 30.4 Å². The Bertz CT molecular complexity index is 1030. The summed E-state index contributed by atoms with van der Waals surface area (Å²) in [6, 6.07) is 6.89. The third kappa shape index (κ3) is 4.68. The SMILES string of the molecule is Cc1c([N+](=O)[O-])cnn1CCC(=O)Nc1ccn(Cc2ccc(Cl)cc2Cl)n1. The molecule has 1 amide bonds. The summed E-state index contributed by atoms with van der Waals surface area (Å²) in [7, 11) is 0. The highest BCUT2D eigenvalue weighted by molar-refractivity contribution is 6.35. The predicted molar refractivity (Wildman–Crippen MR) is 105 cm³/mol. The van der Waals surface area contributed by atoms with Gasteiger partial charge in [-0.1, -0.05) is 29.3 Å². The van der Waals surface area contributed by atoms with E-state index in [2.05, 4.69) is 15.5 Å². The molecule has 0 radical (unpaired) electrons. The molecule has 11 heteroatoms. The molecule has 3 aromatic rings. The molecule has 0 bridgehead atoms. The van der Waals surface area contributed by atoms with E-state index in [1.54, 1.807) is 36.0 Å². The zero-order valence-electron chi connectivity index (χ0n) is 14.8. The van der Waals surface area contributed by atoms with Gasteiger partial charge in [-0.05, 0) is 24.6 Å². The number of hydrogen-bond acceptors (Lipinski definition) is 5. The average Bonchev–Trinajstić information content (AvgIpc) is 3.22. The van der Waals surface area contributed by atoms with Gasteiger partial charge in [0.1, 0.15) is 11.9 Å². The van der Waals surface area contributed by atoms with E-state index in [0.29, 0.717) is 28.1 Å². The Morgan fingerprint density at radius 1 is 1.32 bits per heavy atom. The van der Waals surface area contributed by atoms with Gasteiger partial charge in [0.2, 0.25) is 5.91 Å². The monoisotopic (exact) mass is 422 g/mol. The minimum Gasteiger partial charge on any atom is -0.309 e. The molecule has 3 rings (SSSR count). The summed E-state index contributed by atoms with van der Waals surface area (Å²) in [6.45, 7) is 2.25. The number of anilines is 1. The van der Waals surface area contributed by atoms with Crippen LogP contribution in [0.15, 0.2) is 36.7 Å². The van der Waals surface area contributed by atoms with E-state index in [1.165, 1.54) is 10.9 Å². The summed E-state index contributed by atoms with van der Waals surface area (Å²) in [5.74, 6) is 0.130. The van der Waals surface area contributed by atoms with Crippen molar-refractivity contribution in [3.05, 3.63) is 68.1 Å². The van der Waals surface area contributed by atoms with Crippen LogP contribution in [0, 0.1) is 17.0 Å². The molecule has 9 nitrogen and oxygen atoms in total. The molecule has 0 saturated heterocycles. The number of rotatable bonds is 7. The van der Waals surface area contributed by atoms with Crippen LogP contribution in [0.5, 0.6) is 0 Å². The molecule has 2 heterocycles. The van der Waals surface area contributed by atoms with Crippen molar-refractivity contribution in [1.29, 1.82) is 0 Å². The Kier molecular flexibility index (Phi) is 5.96. The highest BCUT2D eigenvalue weighted by Gasteiger charge is 2.17. The number of nitro groups is 1. The van der Waals surface area contributed by atoms with Crippen molar-refractivity contribution in [2.24, 2.45) is 0 Å². The van der Waals surface area contributed by atoms with E-state index >= 15 is 0 Å². The van der Waals surface area contributed by atoms with Gasteiger partial charge in [-0.15, -0.1) is 0 Å². The van der Waals surface area contributed by atoms with Crippen LogP contribution < -0.4 is 5.32 Å². The first-order valence-electron chi connectivity index (χ1n) is 8.27.